The van der Waals surface area contributed by atoms with Crippen LogP contribution in [0.25, 0.3) is 28.0 Å². The number of nitrogens with zero attached hydrogens (tertiary/aromatic N) is 5. The van der Waals surface area contributed by atoms with Gasteiger partial charge in [0.2, 0.25) is 5.82 Å². The third-order valence-corrected chi connectivity index (χ3v) is 4.33. The molecular formula is C15H12N6O2S. The molecule has 0 saturated carbocycles. The van der Waals surface area contributed by atoms with Gasteiger partial charge in [-0.15, -0.1) is 16.4 Å². The van der Waals surface area contributed by atoms with Crippen molar-refractivity contribution in [3.63, 3.8) is 0 Å². The Morgan fingerprint density at radius 1 is 1.21 bits per heavy atom. The van der Waals surface area contributed by atoms with Gasteiger partial charge in [-0.2, -0.15) is 9.67 Å². The van der Waals surface area contributed by atoms with Crippen LogP contribution >= 0.6 is 11.3 Å². The normalized spacial score (nSPS) is 11.0. The number of nitrogen functional groups attached to an aromatic ring is 1. The van der Waals surface area contributed by atoms with Crippen LogP contribution < -0.4 is 5.73 Å². The summed E-state index contributed by atoms with van der Waals surface area (Å²) in [5, 5.41) is 23.4. The van der Waals surface area contributed by atoms with Crippen molar-refractivity contribution in [3.8, 4) is 28.0 Å². The molecule has 0 radical (unpaired) electrons. The molecule has 0 unspecified atom stereocenters. The van der Waals surface area contributed by atoms with Crippen molar-refractivity contribution in [1.82, 2.24) is 25.1 Å². The van der Waals surface area contributed by atoms with E-state index in [9.17, 15) is 5.11 Å². The molecule has 0 bridgehead atoms. The van der Waals surface area contributed by atoms with Crippen LogP contribution in [0, 0.1) is 0 Å². The molecule has 9 heteroatoms. The molecule has 0 aliphatic heterocycles. The fraction of sp³-hybridized carbons (Fsp3) is 0.0667. The summed E-state index contributed by atoms with van der Waals surface area (Å²) in [4.78, 5) is 5.21. The van der Waals surface area contributed by atoms with Crippen LogP contribution in [-0.4, -0.2) is 30.2 Å². The smallest absolute Gasteiger partial charge is 0.282 e. The highest BCUT2D eigenvalue weighted by molar-refractivity contribution is 7.13. The first kappa shape index (κ1) is 14.5. The molecule has 0 aliphatic carbocycles. The summed E-state index contributed by atoms with van der Waals surface area (Å²) in [5.74, 6) is 0.936. The minimum absolute atomic E-state index is 0.131. The van der Waals surface area contributed by atoms with Gasteiger partial charge in [0.05, 0.1) is 17.2 Å². The molecule has 0 atom stereocenters. The second-order valence-corrected chi connectivity index (χ2v) is 5.87. The van der Waals surface area contributed by atoms with Crippen molar-refractivity contribution in [3.05, 3.63) is 47.3 Å². The second kappa shape index (κ2) is 5.87. The van der Waals surface area contributed by atoms with Crippen molar-refractivity contribution in [2.75, 3.05) is 5.73 Å². The van der Waals surface area contributed by atoms with Crippen molar-refractivity contribution in [2.45, 2.75) is 6.61 Å². The van der Waals surface area contributed by atoms with Crippen LogP contribution in [0.2, 0.25) is 0 Å². The van der Waals surface area contributed by atoms with Gasteiger partial charge < -0.3 is 15.4 Å². The molecule has 8 nitrogen and oxygen atoms in total. The monoisotopic (exact) mass is 340 g/mol. The van der Waals surface area contributed by atoms with Gasteiger partial charge in [-0.05, 0) is 17.5 Å². The van der Waals surface area contributed by atoms with Crippen LogP contribution in [0.15, 0.2) is 46.3 Å². The summed E-state index contributed by atoms with van der Waals surface area (Å²) in [7, 11) is 0. The molecule has 120 valence electrons. The largest absolute Gasteiger partial charge is 0.392 e. The van der Waals surface area contributed by atoms with E-state index in [2.05, 4.69) is 20.5 Å². The zero-order chi connectivity index (χ0) is 16.5. The number of hydrogen-bond acceptors (Lipinski definition) is 8. The number of aromatic nitrogens is 5. The molecule has 0 spiro atoms. The maximum Gasteiger partial charge on any atom is 0.282 e. The Bertz CT molecular complexity index is 976. The lowest BCUT2D eigenvalue weighted by atomic mass is 10.2. The summed E-state index contributed by atoms with van der Waals surface area (Å²) in [6.07, 6.45) is 0. The zero-order valence-electron chi connectivity index (χ0n) is 12.3. The number of anilines is 1. The first-order chi connectivity index (χ1) is 11.8. The first-order valence-electron chi connectivity index (χ1n) is 7.06. The van der Waals surface area contributed by atoms with E-state index in [0.717, 1.165) is 4.88 Å². The third kappa shape index (κ3) is 2.36. The number of rotatable bonds is 4. The van der Waals surface area contributed by atoms with Crippen molar-refractivity contribution >= 4 is 17.2 Å². The fourth-order valence-electron chi connectivity index (χ4n) is 2.30. The predicted molar refractivity (Wildman–Crippen MR) is 88.3 cm³/mol. The van der Waals surface area contributed by atoms with Crippen LogP contribution in [0.3, 0.4) is 0 Å². The Kier molecular flexibility index (Phi) is 3.56. The zero-order valence-corrected chi connectivity index (χ0v) is 13.1. The predicted octanol–water partition coefficient (Wildman–Crippen LogP) is 2.12. The maximum atomic E-state index is 9.46. The minimum Gasteiger partial charge on any atom is -0.392 e. The highest BCUT2D eigenvalue weighted by Gasteiger charge is 2.20. The summed E-state index contributed by atoms with van der Waals surface area (Å²) >= 11 is 1.51. The highest BCUT2D eigenvalue weighted by Crippen LogP contribution is 2.28. The Morgan fingerprint density at radius 2 is 2.08 bits per heavy atom. The molecule has 4 rings (SSSR count). The molecule has 4 aromatic rings. The molecular weight excluding hydrogens is 328 g/mol. The molecule has 0 amide bonds. The van der Waals surface area contributed by atoms with Gasteiger partial charge in [0.15, 0.2) is 11.5 Å². The summed E-state index contributed by atoms with van der Waals surface area (Å²) < 4.78 is 6.70. The van der Waals surface area contributed by atoms with E-state index in [-0.39, 0.29) is 18.3 Å². The lowest BCUT2D eigenvalue weighted by Gasteiger charge is -2.07. The topological polar surface area (TPSA) is 116 Å². The van der Waals surface area contributed by atoms with E-state index in [0.29, 0.717) is 22.8 Å². The van der Waals surface area contributed by atoms with E-state index in [1.807, 2.05) is 29.6 Å². The Labute approximate surface area is 140 Å². The van der Waals surface area contributed by atoms with Gasteiger partial charge in [-0.25, -0.2) is 0 Å². The number of thiophene rings is 1. The average molecular weight is 340 g/mol. The number of para-hydroxylation sites is 1. The SMILES string of the molecule is Nc1c(-c2nc(-c3cccs3)no2)nnn1-c1ccccc1CO. The summed E-state index contributed by atoms with van der Waals surface area (Å²) in [6.45, 7) is -0.131. The lowest BCUT2D eigenvalue weighted by Crippen LogP contribution is -2.05. The van der Waals surface area contributed by atoms with Crippen LogP contribution in [0.5, 0.6) is 0 Å². The van der Waals surface area contributed by atoms with Gasteiger partial charge in [-0.3, -0.25) is 0 Å². The number of nitrogens with two attached hydrogens (primary N) is 1. The van der Waals surface area contributed by atoms with E-state index >= 15 is 0 Å². The lowest BCUT2D eigenvalue weighted by molar-refractivity contribution is 0.281. The molecule has 0 aliphatic rings. The molecule has 3 heterocycles. The summed E-state index contributed by atoms with van der Waals surface area (Å²) in [5.41, 5.74) is 7.79. The van der Waals surface area contributed by atoms with E-state index in [4.69, 9.17) is 10.3 Å². The van der Waals surface area contributed by atoms with Crippen molar-refractivity contribution in [1.29, 1.82) is 0 Å². The van der Waals surface area contributed by atoms with Crippen LogP contribution in [-0.2, 0) is 6.61 Å². The van der Waals surface area contributed by atoms with Gasteiger partial charge in [0.1, 0.15) is 0 Å². The first-order valence-corrected chi connectivity index (χ1v) is 7.94. The summed E-state index contributed by atoms with van der Waals surface area (Å²) in [6, 6.07) is 11.1. The molecule has 0 fully saturated rings. The molecule has 0 saturated heterocycles. The van der Waals surface area contributed by atoms with Crippen molar-refractivity contribution in [2.24, 2.45) is 0 Å². The number of aliphatic hydroxyl groups excluding tert-OH is 1. The molecule has 24 heavy (non-hydrogen) atoms. The fourth-order valence-corrected chi connectivity index (χ4v) is 2.95. The number of aliphatic hydroxyl groups is 1. The second-order valence-electron chi connectivity index (χ2n) is 4.92. The van der Waals surface area contributed by atoms with E-state index in [1.54, 1.807) is 12.1 Å². The minimum atomic E-state index is -0.131. The van der Waals surface area contributed by atoms with E-state index < -0.39 is 0 Å². The Hall–Kier alpha value is -3.04. The van der Waals surface area contributed by atoms with Gasteiger partial charge >= 0.3 is 0 Å². The van der Waals surface area contributed by atoms with Crippen LogP contribution in [0.1, 0.15) is 5.56 Å². The molecule has 1 aromatic carbocycles. The Morgan fingerprint density at radius 3 is 2.88 bits per heavy atom. The average Bonchev–Trinajstić information content (AvgIpc) is 3.34. The molecule has 3 aromatic heterocycles. The van der Waals surface area contributed by atoms with Gasteiger partial charge in [0.25, 0.3) is 5.89 Å². The number of benzene rings is 1. The molecule has 3 N–H and O–H groups in total. The van der Waals surface area contributed by atoms with Crippen LogP contribution in [0.4, 0.5) is 5.82 Å². The Balaban J connectivity index is 1.75. The third-order valence-electron chi connectivity index (χ3n) is 3.47. The standard InChI is InChI=1S/C15H12N6O2S/c16-13-12(15-17-14(19-23-15)11-6-3-7-24-11)18-20-21(13)10-5-2-1-4-9(10)8-22/h1-7,22H,8,16H2. The quantitative estimate of drug-likeness (QED) is 0.584. The van der Waals surface area contributed by atoms with Gasteiger partial charge in [0, 0.05) is 5.56 Å². The maximum absolute atomic E-state index is 9.46. The highest BCUT2D eigenvalue weighted by atomic mass is 32.1. The van der Waals surface area contributed by atoms with E-state index in [1.165, 1.54) is 16.0 Å². The van der Waals surface area contributed by atoms with Crippen molar-refractivity contribution < 1.29 is 9.63 Å². The van der Waals surface area contributed by atoms with Gasteiger partial charge in [-0.1, -0.05) is 34.6 Å². The number of hydrogen-bond donors (Lipinski definition) is 2.